The number of aliphatic hydroxyl groups excluding tert-OH is 1. The predicted octanol–water partition coefficient (Wildman–Crippen LogP) is 4.00. The van der Waals surface area contributed by atoms with E-state index in [0.717, 1.165) is 5.56 Å². The summed E-state index contributed by atoms with van der Waals surface area (Å²) in [5.74, 6) is -0.461. The number of carbonyl (C=O) groups is 1. The second-order valence-electron chi connectivity index (χ2n) is 9.02. The average Bonchev–Trinajstić information content (AvgIpc) is 2.67. The van der Waals surface area contributed by atoms with Gasteiger partial charge in [-0.2, -0.15) is 0 Å². The molecule has 0 spiro atoms. The van der Waals surface area contributed by atoms with Crippen molar-refractivity contribution in [3.05, 3.63) is 35.9 Å². The van der Waals surface area contributed by atoms with Crippen LogP contribution in [0.25, 0.3) is 0 Å². The van der Waals surface area contributed by atoms with Crippen LogP contribution in [0.2, 0.25) is 0 Å². The van der Waals surface area contributed by atoms with Crippen LogP contribution < -0.4 is 5.32 Å². The molecule has 0 saturated heterocycles. The molecule has 0 aliphatic heterocycles. The summed E-state index contributed by atoms with van der Waals surface area (Å²) in [6.45, 7) is 12.8. The molecule has 1 amide bonds. The number of alkyl carbamates (subject to hydrolysis) is 1. The van der Waals surface area contributed by atoms with Gasteiger partial charge in [-0.15, -0.1) is 0 Å². The fourth-order valence-electron chi connectivity index (χ4n) is 3.15. The van der Waals surface area contributed by atoms with Gasteiger partial charge in [-0.3, -0.25) is 0 Å². The molecule has 4 atom stereocenters. The van der Waals surface area contributed by atoms with Crippen LogP contribution in [0.15, 0.2) is 30.3 Å². The monoisotopic (exact) mass is 461 g/mol. The van der Waals surface area contributed by atoms with Gasteiger partial charge in [0.2, 0.25) is 0 Å². The van der Waals surface area contributed by atoms with E-state index in [1.807, 2.05) is 65.0 Å². The van der Waals surface area contributed by atoms with E-state index >= 15 is 0 Å². The summed E-state index contributed by atoms with van der Waals surface area (Å²) in [6, 6.07) is 8.42. The van der Waals surface area contributed by atoms with Gasteiger partial charge >= 0.3 is 186 Å². The van der Waals surface area contributed by atoms with Gasteiger partial charge in [0.05, 0.1) is 0 Å². The van der Waals surface area contributed by atoms with Gasteiger partial charge in [0.25, 0.3) is 0 Å². The summed E-state index contributed by atoms with van der Waals surface area (Å²) in [4.78, 5) is 23.8. The summed E-state index contributed by atoms with van der Waals surface area (Å²) in [6.07, 6.45) is -2.27. The van der Waals surface area contributed by atoms with E-state index in [0.29, 0.717) is 0 Å². The maximum absolute atomic E-state index is 12.4. The molecule has 0 fully saturated rings. The number of benzene rings is 1. The number of aliphatic hydroxyl groups is 1. The molecule has 0 aromatic heterocycles. The number of hydrogen-bond donors (Lipinski definition) is 3. The molecule has 0 heterocycles. The molecule has 9 heteroatoms. The minimum absolute atomic E-state index is 0.0920. The van der Waals surface area contributed by atoms with E-state index in [-0.39, 0.29) is 12.7 Å². The Bertz CT molecular complexity index is 668. The number of methoxy groups -OCH3 is 1. The van der Waals surface area contributed by atoms with Crippen molar-refractivity contribution in [3.8, 4) is 0 Å². The summed E-state index contributed by atoms with van der Waals surface area (Å²) in [5, 5.41) is 13.1. The molecular weight excluding hydrogens is 421 g/mol. The van der Waals surface area contributed by atoms with Gasteiger partial charge in [-0.05, 0) is 0 Å². The van der Waals surface area contributed by atoms with E-state index in [2.05, 4.69) is 5.32 Å². The second kappa shape index (κ2) is 12.1. The van der Waals surface area contributed by atoms with Gasteiger partial charge in [-0.1, -0.05) is 0 Å². The Kier molecular flexibility index (Phi) is 10.8. The molecule has 0 saturated carbocycles. The molecule has 31 heavy (non-hydrogen) atoms. The zero-order valence-corrected chi connectivity index (χ0v) is 20.9. The molecule has 8 nitrogen and oxygen atoms in total. The Labute approximate surface area is 186 Å². The number of hydrogen-bond acceptors (Lipinski definition) is 7. The van der Waals surface area contributed by atoms with Gasteiger partial charge in [-0.25, -0.2) is 0 Å². The third-order valence-corrected chi connectivity index (χ3v) is 8.22. The van der Waals surface area contributed by atoms with Crippen molar-refractivity contribution in [2.45, 2.75) is 84.8 Å². The fraction of sp³-hybridized carbons (Fsp3) is 0.682. The molecule has 0 aliphatic rings. The third kappa shape index (κ3) is 9.39. The third-order valence-electron chi connectivity index (χ3n) is 4.83. The number of ether oxygens (including phenoxy) is 2. The van der Waals surface area contributed by atoms with E-state index in [9.17, 15) is 14.8 Å². The fourth-order valence-corrected chi connectivity index (χ4v) is 6.03. The first-order chi connectivity index (χ1) is 14.3. The van der Waals surface area contributed by atoms with E-state index in [4.69, 9.17) is 18.5 Å². The standard InChI is InChI=1S/C22H40NO7P/c1-15(2)29-31(26,30-22(5,6)7)17(4)16(3)19(20(24)27-8)23-21(25)28-14-18-12-10-9-11-13-18/h9-13,15-17,19-20,24,26,31H,14H2,1-8H3,(H,23,25)/t16-,17?,19-,20?/m0/s1. The van der Waals surface area contributed by atoms with Crippen molar-refractivity contribution >= 4 is 14.0 Å². The molecule has 2 unspecified atom stereocenters. The van der Waals surface area contributed by atoms with Crippen LogP contribution in [0.4, 0.5) is 4.79 Å². The molecule has 1 rings (SSSR count). The SMILES string of the molecule is COC(O)[C@@H](NC(=O)OCc1ccccc1)[C@@H](C)C(C)[PH](O)(OC(C)C)OC(C)(C)C. The first kappa shape index (κ1) is 27.8. The Hall–Kier alpha value is -1.28. The first-order valence-electron chi connectivity index (χ1n) is 10.6. The predicted molar refractivity (Wildman–Crippen MR) is 123 cm³/mol. The number of rotatable bonds is 11. The average molecular weight is 462 g/mol. The van der Waals surface area contributed by atoms with Crippen LogP contribution in [0.1, 0.15) is 54.0 Å². The molecule has 1 aromatic rings. The van der Waals surface area contributed by atoms with Crippen LogP contribution in [0, 0.1) is 5.92 Å². The molecule has 1 aromatic carbocycles. The van der Waals surface area contributed by atoms with Crippen LogP contribution in [0.3, 0.4) is 0 Å². The van der Waals surface area contributed by atoms with E-state index in [1.54, 1.807) is 13.8 Å². The zero-order chi connectivity index (χ0) is 23.8. The van der Waals surface area contributed by atoms with E-state index < -0.39 is 43.5 Å². The summed E-state index contributed by atoms with van der Waals surface area (Å²) < 4.78 is 22.2. The van der Waals surface area contributed by atoms with Crippen molar-refractivity contribution in [3.63, 3.8) is 0 Å². The van der Waals surface area contributed by atoms with Gasteiger partial charge < -0.3 is 0 Å². The Balaban J connectivity index is 2.97. The molecule has 180 valence electrons. The van der Waals surface area contributed by atoms with Gasteiger partial charge in [0.15, 0.2) is 0 Å². The second-order valence-corrected chi connectivity index (χ2v) is 11.6. The number of nitrogens with one attached hydrogen (secondary N) is 1. The summed E-state index contributed by atoms with van der Waals surface area (Å²) in [7, 11) is -2.38. The Morgan fingerprint density at radius 2 is 1.71 bits per heavy atom. The van der Waals surface area contributed by atoms with Crippen molar-refractivity contribution < 1.29 is 33.3 Å². The topological polar surface area (TPSA) is 106 Å². The van der Waals surface area contributed by atoms with Gasteiger partial charge in [0, 0.05) is 0 Å². The molecule has 3 N–H and O–H groups in total. The maximum atomic E-state index is 12.4. The zero-order valence-electron chi connectivity index (χ0n) is 19.9. The van der Waals surface area contributed by atoms with E-state index in [1.165, 1.54) is 7.11 Å². The molecule has 0 aliphatic carbocycles. The molecule has 0 radical (unpaired) electrons. The van der Waals surface area contributed by atoms with Crippen LogP contribution in [-0.2, 0) is 25.1 Å². The quantitative estimate of drug-likeness (QED) is 0.338. The first-order valence-corrected chi connectivity index (χ1v) is 12.4. The van der Waals surface area contributed by atoms with Crippen LogP contribution in [0.5, 0.6) is 0 Å². The molecular formula is C22H40NO7P. The van der Waals surface area contributed by atoms with Crippen molar-refractivity contribution in [1.82, 2.24) is 5.32 Å². The van der Waals surface area contributed by atoms with Crippen molar-refractivity contribution in [2.24, 2.45) is 5.92 Å². The van der Waals surface area contributed by atoms with Crippen molar-refractivity contribution in [1.29, 1.82) is 0 Å². The molecule has 0 bridgehead atoms. The summed E-state index contributed by atoms with van der Waals surface area (Å²) in [5.41, 5.74) is -0.312. The normalized spacial score (nSPS) is 17.0. The minimum atomic E-state index is -3.72. The number of carbonyl (C=O) groups excluding carboxylic acids is 1. The van der Waals surface area contributed by atoms with Crippen molar-refractivity contribution in [2.75, 3.05) is 7.11 Å². The van der Waals surface area contributed by atoms with Gasteiger partial charge in [0.1, 0.15) is 0 Å². The Morgan fingerprint density at radius 3 is 2.19 bits per heavy atom. The van der Waals surface area contributed by atoms with Crippen LogP contribution >= 0.6 is 7.94 Å². The van der Waals surface area contributed by atoms with Crippen LogP contribution in [-0.4, -0.2) is 52.9 Å². The summed E-state index contributed by atoms with van der Waals surface area (Å²) >= 11 is 0. The Morgan fingerprint density at radius 1 is 1.13 bits per heavy atom. The number of amides is 1.